The average Bonchev–Trinajstić information content (AvgIpc) is 2.73. The van der Waals surface area contributed by atoms with E-state index in [9.17, 15) is 14.4 Å². The van der Waals surface area contributed by atoms with Crippen LogP contribution >= 0.6 is 0 Å². The number of ether oxygens (including phenoxy) is 1. The minimum absolute atomic E-state index is 0.120. The van der Waals surface area contributed by atoms with Crippen LogP contribution in [0.25, 0.3) is 0 Å². The van der Waals surface area contributed by atoms with Crippen molar-refractivity contribution < 1.29 is 24.0 Å². The summed E-state index contributed by atoms with van der Waals surface area (Å²) in [4.78, 5) is 39.3. The highest BCUT2D eigenvalue weighted by Gasteiger charge is 2.45. The Morgan fingerprint density at radius 2 is 1.62 bits per heavy atom. The molecular formula is C17H24N3O4+. The standard InChI is InChI=1S/C17H23N3O4/c1-12(2)9-19-15(21)16(22)20(17(19)23)11-18(3)10-13-5-7-14(24-4)8-6-13/h5-8,12H,9-11H2,1-4H3/p+1. The molecule has 0 aromatic heterocycles. The van der Waals surface area contributed by atoms with Gasteiger partial charge in [-0.15, -0.1) is 0 Å². The van der Waals surface area contributed by atoms with Crippen molar-refractivity contribution in [2.75, 3.05) is 27.4 Å². The molecule has 0 bridgehead atoms. The van der Waals surface area contributed by atoms with Gasteiger partial charge in [0.15, 0.2) is 6.67 Å². The second-order valence-electron chi connectivity index (χ2n) is 6.47. The lowest BCUT2D eigenvalue weighted by molar-refractivity contribution is -0.901. The number of carbonyl (C=O) groups excluding carboxylic acids is 3. The van der Waals surface area contributed by atoms with Crippen LogP contribution < -0.4 is 9.64 Å². The van der Waals surface area contributed by atoms with E-state index in [0.717, 1.165) is 26.0 Å². The number of hydrogen-bond acceptors (Lipinski definition) is 4. The van der Waals surface area contributed by atoms with Crippen LogP contribution in [0.2, 0.25) is 0 Å². The molecule has 7 nitrogen and oxygen atoms in total. The lowest BCUT2D eigenvalue weighted by Crippen LogP contribution is -3.09. The molecule has 24 heavy (non-hydrogen) atoms. The molecule has 0 radical (unpaired) electrons. The third-order valence-electron chi connectivity index (χ3n) is 3.78. The maximum absolute atomic E-state index is 12.3. The number of hydrogen-bond donors (Lipinski definition) is 1. The fourth-order valence-electron chi connectivity index (χ4n) is 2.63. The van der Waals surface area contributed by atoms with E-state index in [1.165, 1.54) is 0 Å². The van der Waals surface area contributed by atoms with Crippen molar-refractivity contribution in [2.24, 2.45) is 5.92 Å². The number of carbonyl (C=O) groups is 3. The number of quaternary nitrogens is 1. The van der Waals surface area contributed by atoms with Gasteiger partial charge in [-0.25, -0.2) is 9.69 Å². The first-order chi connectivity index (χ1) is 11.3. The van der Waals surface area contributed by atoms with E-state index in [1.54, 1.807) is 7.11 Å². The van der Waals surface area contributed by atoms with Crippen molar-refractivity contribution >= 4 is 17.8 Å². The van der Waals surface area contributed by atoms with Crippen LogP contribution in [0.15, 0.2) is 24.3 Å². The normalized spacial score (nSPS) is 16.3. The number of methoxy groups -OCH3 is 1. The zero-order valence-electron chi connectivity index (χ0n) is 14.5. The molecule has 1 N–H and O–H groups in total. The maximum Gasteiger partial charge on any atom is 0.338 e. The summed E-state index contributed by atoms with van der Waals surface area (Å²) in [5.74, 6) is -0.577. The molecule has 1 aromatic carbocycles. The number of nitrogens with zero attached hydrogens (tertiary/aromatic N) is 2. The number of amides is 4. The summed E-state index contributed by atoms with van der Waals surface area (Å²) in [6, 6.07) is 7.08. The zero-order chi connectivity index (χ0) is 17.9. The van der Waals surface area contributed by atoms with Crippen molar-refractivity contribution in [3.05, 3.63) is 29.8 Å². The van der Waals surface area contributed by atoms with Crippen LogP contribution in [-0.2, 0) is 16.1 Å². The minimum Gasteiger partial charge on any atom is -0.497 e. The van der Waals surface area contributed by atoms with Gasteiger partial charge >= 0.3 is 17.8 Å². The second kappa shape index (κ2) is 7.44. The summed E-state index contributed by atoms with van der Waals surface area (Å²) in [6.07, 6.45) is 0. The Morgan fingerprint density at radius 1 is 1.04 bits per heavy atom. The maximum atomic E-state index is 12.3. The van der Waals surface area contributed by atoms with Crippen LogP contribution in [0.5, 0.6) is 5.75 Å². The van der Waals surface area contributed by atoms with Gasteiger partial charge in [0.25, 0.3) is 0 Å². The van der Waals surface area contributed by atoms with Gasteiger partial charge in [0.1, 0.15) is 12.3 Å². The smallest absolute Gasteiger partial charge is 0.338 e. The monoisotopic (exact) mass is 334 g/mol. The van der Waals surface area contributed by atoms with E-state index in [1.807, 2.05) is 45.2 Å². The van der Waals surface area contributed by atoms with E-state index in [2.05, 4.69) is 0 Å². The van der Waals surface area contributed by atoms with E-state index in [4.69, 9.17) is 4.74 Å². The first kappa shape index (κ1) is 17.9. The second-order valence-corrected chi connectivity index (χ2v) is 6.47. The van der Waals surface area contributed by atoms with E-state index < -0.39 is 17.8 Å². The van der Waals surface area contributed by atoms with Gasteiger partial charge in [-0.1, -0.05) is 13.8 Å². The molecule has 1 aromatic rings. The van der Waals surface area contributed by atoms with Gasteiger partial charge in [0.2, 0.25) is 0 Å². The number of benzene rings is 1. The molecule has 1 unspecified atom stereocenters. The summed E-state index contributed by atoms with van der Waals surface area (Å²) in [6.45, 7) is 4.84. The third kappa shape index (κ3) is 3.91. The Balaban J connectivity index is 1.99. The van der Waals surface area contributed by atoms with Crippen LogP contribution in [-0.4, -0.2) is 55.0 Å². The Kier molecular flexibility index (Phi) is 5.56. The molecule has 2 rings (SSSR count). The predicted molar refractivity (Wildman–Crippen MR) is 87.2 cm³/mol. The van der Waals surface area contributed by atoms with Crippen LogP contribution in [0.1, 0.15) is 19.4 Å². The molecule has 1 fully saturated rings. The molecule has 0 saturated carbocycles. The first-order valence-electron chi connectivity index (χ1n) is 7.95. The molecule has 1 saturated heterocycles. The van der Waals surface area contributed by atoms with Crippen LogP contribution in [0.4, 0.5) is 4.79 Å². The largest absolute Gasteiger partial charge is 0.497 e. The minimum atomic E-state index is -0.741. The van der Waals surface area contributed by atoms with Crippen LogP contribution in [0, 0.1) is 5.92 Å². The molecule has 1 aliphatic rings. The third-order valence-corrected chi connectivity index (χ3v) is 3.78. The van der Waals surface area contributed by atoms with E-state index in [-0.39, 0.29) is 19.1 Å². The zero-order valence-corrected chi connectivity index (χ0v) is 14.5. The fourth-order valence-corrected chi connectivity index (χ4v) is 2.63. The number of urea groups is 1. The quantitative estimate of drug-likeness (QED) is 0.568. The van der Waals surface area contributed by atoms with Gasteiger partial charge < -0.3 is 9.64 Å². The van der Waals surface area contributed by atoms with Gasteiger partial charge in [-0.3, -0.25) is 14.5 Å². The van der Waals surface area contributed by atoms with Gasteiger partial charge in [0.05, 0.1) is 14.2 Å². The Bertz CT molecular complexity index is 627. The van der Waals surface area contributed by atoms with Crippen molar-refractivity contribution in [1.82, 2.24) is 9.80 Å². The molecule has 1 aliphatic heterocycles. The fraction of sp³-hybridized carbons (Fsp3) is 0.471. The summed E-state index contributed by atoms with van der Waals surface area (Å²) in [7, 11) is 3.48. The van der Waals surface area contributed by atoms with E-state index >= 15 is 0 Å². The van der Waals surface area contributed by atoms with Crippen molar-refractivity contribution in [2.45, 2.75) is 20.4 Å². The summed E-state index contributed by atoms with van der Waals surface area (Å²) >= 11 is 0. The molecule has 4 amide bonds. The first-order valence-corrected chi connectivity index (χ1v) is 7.95. The van der Waals surface area contributed by atoms with Gasteiger partial charge in [-0.05, 0) is 30.2 Å². The SMILES string of the molecule is COc1ccc(C[NH+](C)CN2C(=O)C(=O)N(CC(C)C)C2=O)cc1. The molecule has 7 heteroatoms. The highest BCUT2D eigenvalue weighted by Crippen LogP contribution is 2.13. The van der Waals surface area contributed by atoms with E-state index in [0.29, 0.717) is 6.54 Å². The Hall–Kier alpha value is -2.41. The highest BCUT2D eigenvalue weighted by molar-refractivity contribution is 6.44. The molecule has 0 spiro atoms. The summed E-state index contributed by atoms with van der Waals surface area (Å²) in [5, 5.41) is 0. The molecule has 0 aliphatic carbocycles. The van der Waals surface area contributed by atoms with Crippen LogP contribution in [0.3, 0.4) is 0 Å². The number of nitrogens with one attached hydrogen (secondary N) is 1. The average molecular weight is 334 g/mol. The van der Waals surface area contributed by atoms with Crippen molar-refractivity contribution in [1.29, 1.82) is 0 Å². The predicted octanol–water partition coefficient (Wildman–Crippen LogP) is 0.114. The lowest BCUT2D eigenvalue weighted by Gasteiger charge is -2.20. The Morgan fingerprint density at radius 3 is 2.17 bits per heavy atom. The van der Waals surface area contributed by atoms with Gasteiger partial charge in [-0.2, -0.15) is 0 Å². The number of rotatable bonds is 7. The number of imide groups is 2. The van der Waals surface area contributed by atoms with Gasteiger partial charge in [0, 0.05) is 12.1 Å². The van der Waals surface area contributed by atoms with Crippen molar-refractivity contribution in [3.63, 3.8) is 0 Å². The summed E-state index contributed by atoms with van der Waals surface area (Å²) in [5.41, 5.74) is 1.05. The molecule has 1 heterocycles. The highest BCUT2D eigenvalue weighted by atomic mass is 16.5. The van der Waals surface area contributed by atoms with Crippen molar-refractivity contribution in [3.8, 4) is 5.75 Å². The lowest BCUT2D eigenvalue weighted by atomic mass is 10.2. The topological polar surface area (TPSA) is 71.4 Å². The molecule has 1 atom stereocenters. The summed E-state index contributed by atoms with van der Waals surface area (Å²) < 4.78 is 5.12. The molecular weight excluding hydrogens is 310 g/mol. The Labute approximate surface area is 141 Å². The molecule has 130 valence electrons.